The molecule has 0 fully saturated rings. The second-order valence-electron chi connectivity index (χ2n) is 8.35. The molecule has 0 unspecified atom stereocenters. The predicted octanol–water partition coefficient (Wildman–Crippen LogP) is 6.03. The van der Waals surface area contributed by atoms with Gasteiger partial charge < -0.3 is 9.64 Å². The number of benzene rings is 2. The SMILES string of the molecule is COc1cnc2c(Sc3ccc(N4CC=C(c5nncc6ccccc56)CC4)cc3)ccnc2c1. The number of hydrogen-bond donors (Lipinski definition) is 0. The van der Waals surface area contributed by atoms with Gasteiger partial charge in [0, 0.05) is 51.6 Å². The lowest BCUT2D eigenvalue weighted by Gasteiger charge is -2.28. The molecule has 0 atom stereocenters. The van der Waals surface area contributed by atoms with Crippen molar-refractivity contribution in [2.24, 2.45) is 0 Å². The van der Waals surface area contributed by atoms with Crippen LogP contribution >= 0.6 is 11.8 Å². The zero-order valence-corrected chi connectivity index (χ0v) is 20.1. The fourth-order valence-electron chi connectivity index (χ4n) is 4.42. The van der Waals surface area contributed by atoms with Gasteiger partial charge in [-0.1, -0.05) is 42.1 Å². The lowest BCUT2D eigenvalue weighted by molar-refractivity contribution is 0.413. The van der Waals surface area contributed by atoms with Crippen LogP contribution in [-0.2, 0) is 0 Å². The molecule has 1 aliphatic heterocycles. The van der Waals surface area contributed by atoms with Crippen LogP contribution in [0, 0.1) is 0 Å². The average Bonchev–Trinajstić information content (AvgIpc) is 2.93. The molecule has 0 N–H and O–H groups in total. The van der Waals surface area contributed by atoms with Gasteiger partial charge in [-0.05, 0) is 42.3 Å². The van der Waals surface area contributed by atoms with Crippen molar-refractivity contribution in [3.8, 4) is 5.75 Å². The predicted molar refractivity (Wildman–Crippen MR) is 141 cm³/mol. The zero-order valence-electron chi connectivity index (χ0n) is 19.3. The van der Waals surface area contributed by atoms with Crippen molar-refractivity contribution in [3.05, 3.63) is 91.0 Å². The monoisotopic (exact) mass is 477 g/mol. The number of nitrogens with zero attached hydrogens (tertiary/aromatic N) is 5. The normalized spacial score (nSPS) is 13.7. The van der Waals surface area contributed by atoms with Crippen molar-refractivity contribution in [1.82, 2.24) is 20.2 Å². The summed E-state index contributed by atoms with van der Waals surface area (Å²) in [6, 6.07) is 21.0. The van der Waals surface area contributed by atoms with Gasteiger partial charge in [-0.3, -0.25) is 4.98 Å². The van der Waals surface area contributed by atoms with Crippen LogP contribution < -0.4 is 9.64 Å². The molecule has 0 aliphatic carbocycles. The van der Waals surface area contributed by atoms with Gasteiger partial charge in [0.1, 0.15) is 11.3 Å². The van der Waals surface area contributed by atoms with Gasteiger partial charge in [0.15, 0.2) is 0 Å². The molecule has 4 heterocycles. The van der Waals surface area contributed by atoms with Gasteiger partial charge in [-0.15, -0.1) is 0 Å². The van der Waals surface area contributed by atoms with Gasteiger partial charge in [0.25, 0.3) is 0 Å². The maximum atomic E-state index is 5.28. The summed E-state index contributed by atoms with van der Waals surface area (Å²) in [5.74, 6) is 0.711. The molecule has 5 aromatic rings. The molecule has 2 aromatic carbocycles. The molecular weight excluding hydrogens is 454 g/mol. The van der Waals surface area contributed by atoms with E-state index < -0.39 is 0 Å². The average molecular weight is 478 g/mol. The Morgan fingerprint density at radius 1 is 0.971 bits per heavy atom. The van der Waals surface area contributed by atoms with Crippen LogP contribution in [0.15, 0.2) is 95.1 Å². The molecule has 7 heteroatoms. The Morgan fingerprint density at radius 2 is 1.86 bits per heavy atom. The first kappa shape index (κ1) is 21.6. The second-order valence-corrected chi connectivity index (χ2v) is 9.47. The van der Waals surface area contributed by atoms with E-state index in [-0.39, 0.29) is 0 Å². The molecule has 0 saturated heterocycles. The van der Waals surface area contributed by atoms with Gasteiger partial charge in [0.2, 0.25) is 0 Å². The number of hydrogen-bond acceptors (Lipinski definition) is 7. The van der Waals surface area contributed by atoms with Crippen molar-refractivity contribution >= 4 is 44.8 Å². The largest absolute Gasteiger partial charge is 0.495 e. The highest BCUT2D eigenvalue weighted by Gasteiger charge is 2.17. The third-order valence-electron chi connectivity index (χ3n) is 6.26. The van der Waals surface area contributed by atoms with E-state index >= 15 is 0 Å². The van der Waals surface area contributed by atoms with Gasteiger partial charge in [-0.2, -0.15) is 10.2 Å². The smallest absolute Gasteiger partial charge is 0.139 e. The first-order chi connectivity index (χ1) is 17.3. The Hall–Kier alpha value is -3.97. The minimum atomic E-state index is 0.711. The van der Waals surface area contributed by atoms with Crippen molar-refractivity contribution in [2.45, 2.75) is 16.2 Å². The van der Waals surface area contributed by atoms with E-state index in [0.29, 0.717) is 5.75 Å². The maximum absolute atomic E-state index is 5.28. The summed E-state index contributed by atoms with van der Waals surface area (Å²) in [4.78, 5) is 13.6. The van der Waals surface area contributed by atoms with E-state index in [1.54, 1.807) is 25.1 Å². The summed E-state index contributed by atoms with van der Waals surface area (Å²) < 4.78 is 5.28. The highest BCUT2D eigenvalue weighted by Crippen LogP contribution is 2.34. The Morgan fingerprint density at radius 3 is 2.69 bits per heavy atom. The van der Waals surface area contributed by atoms with E-state index in [9.17, 15) is 0 Å². The van der Waals surface area contributed by atoms with Crippen LogP contribution in [0.25, 0.3) is 27.4 Å². The van der Waals surface area contributed by atoms with E-state index in [4.69, 9.17) is 4.74 Å². The van der Waals surface area contributed by atoms with Crippen LogP contribution in [0.1, 0.15) is 12.1 Å². The van der Waals surface area contributed by atoms with Crippen LogP contribution in [0.3, 0.4) is 0 Å². The maximum Gasteiger partial charge on any atom is 0.139 e. The Kier molecular flexibility index (Phi) is 5.76. The minimum Gasteiger partial charge on any atom is -0.495 e. The van der Waals surface area contributed by atoms with Crippen molar-refractivity contribution in [2.75, 3.05) is 25.1 Å². The zero-order chi connectivity index (χ0) is 23.6. The number of aromatic nitrogens is 4. The summed E-state index contributed by atoms with van der Waals surface area (Å²) in [7, 11) is 1.64. The highest BCUT2D eigenvalue weighted by molar-refractivity contribution is 7.99. The summed E-state index contributed by atoms with van der Waals surface area (Å²) in [5.41, 5.74) is 5.21. The third kappa shape index (κ3) is 4.31. The van der Waals surface area contributed by atoms with Crippen LogP contribution in [0.2, 0.25) is 0 Å². The molecule has 0 amide bonds. The summed E-state index contributed by atoms with van der Waals surface area (Å²) in [6.07, 6.45) is 8.61. The summed E-state index contributed by atoms with van der Waals surface area (Å²) in [5, 5.41) is 11.0. The fraction of sp³-hybridized carbons (Fsp3) is 0.143. The molecule has 6 nitrogen and oxygen atoms in total. The number of pyridine rings is 2. The molecule has 0 bridgehead atoms. The van der Waals surface area contributed by atoms with Gasteiger partial charge in [0.05, 0.1) is 30.7 Å². The summed E-state index contributed by atoms with van der Waals surface area (Å²) >= 11 is 1.70. The lowest BCUT2D eigenvalue weighted by atomic mass is 10.00. The molecule has 0 saturated carbocycles. The molecular formula is C28H23N5OS. The first-order valence-electron chi connectivity index (χ1n) is 11.5. The molecule has 1 aliphatic rings. The number of ether oxygens (including phenoxy) is 1. The van der Waals surface area contributed by atoms with Crippen LogP contribution in [-0.4, -0.2) is 40.4 Å². The number of rotatable bonds is 5. The molecule has 6 rings (SSSR count). The topological polar surface area (TPSA) is 64.0 Å². The second kappa shape index (κ2) is 9.35. The molecule has 0 radical (unpaired) electrons. The van der Waals surface area contributed by atoms with Gasteiger partial charge >= 0.3 is 0 Å². The van der Waals surface area contributed by atoms with E-state index in [1.807, 2.05) is 30.6 Å². The number of anilines is 1. The number of fused-ring (bicyclic) bond motifs is 2. The molecule has 172 valence electrons. The quantitative estimate of drug-likeness (QED) is 0.306. The lowest BCUT2D eigenvalue weighted by Crippen LogP contribution is -2.28. The first-order valence-corrected chi connectivity index (χ1v) is 12.3. The van der Waals surface area contributed by atoms with Crippen molar-refractivity contribution in [1.29, 1.82) is 0 Å². The third-order valence-corrected chi connectivity index (χ3v) is 7.32. The van der Waals surface area contributed by atoms with Crippen molar-refractivity contribution < 1.29 is 4.74 Å². The number of methoxy groups -OCH3 is 1. The van der Waals surface area contributed by atoms with E-state index in [1.165, 1.54) is 16.6 Å². The van der Waals surface area contributed by atoms with E-state index in [0.717, 1.165) is 51.4 Å². The van der Waals surface area contributed by atoms with Gasteiger partial charge in [-0.25, -0.2) is 4.98 Å². The van der Waals surface area contributed by atoms with Crippen molar-refractivity contribution in [3.63, 3.8) is 0 Å². The Balaban J connectivity index is 1.18. The molecule has 0 spiro atoms. The highest BCUT2D eigenvalue weighted by atomic mass is 32.2. The Bertz CT molecular complexity index is 1550. The fourth-order valence-corrected chi connectivity index (χ4v) is 5.33. The molecule has 3 aromatic heterocycles. The standard InChI is InChI=1S/C28H23N5OS/c1-34-22-16-25-28(30-18-22)26(10-13-29-25)35-23-8-6-21(7-9-23)33-14-11-19(12-15-33)27-24-5-3-2-4-20(24)17-31-32-27/h2-11,13,16-18H,12,14-15H2,1H3. The van der Waals surface area contributed by atoms with Crippen LogP contribution in [0.4, 0.5) is 5.69 Å². The minimum absolute atomic E-state index is 0.711. The van der Waals surface area contributed by atoms with E-state index in [2.05, 4.69) is 73.6 Å². The summed E-state index contributed by atoms with van der Waals surface area (Å²) in [6.45, 7) is 1.80. The Labute approximate surface area is 207 Å². The van der Waals surface area contributed by atoms with Crippen LogP contribution in [0.5, 0.6) is 5.75 Å². The molecule has 35 heavy (non-hydrogen) atoms.